The molecule has 0 spiro atoms. The first-order chi connectivity index (χ1) is 6.81. The van der Waals surface area contributed by atoms with Crippen LogP contribution in [0.5, 0.6) is 0 Å². The van der Waals surface area contributed by atoms with E-state index in [1.165, 1.54) is 6.26 Å². The summed E-state index contributed by atoms with van der Waals surface area (Å²) < 4.78 is 21.8. The second-order valence-corrected chi connectivity index (χ2v) is 6.79. The van der Waals surface area contributed by atoms with Crippen molar-refractivity contribution in [2.24, 2.45) is 5.92 Å². The molecule has 92 valence electrons. The van der Waals surface area contributed by atoms with E-state index in [9.17, 15) is 8.42 Å². The van der Waals surface area contributed by atoms with Crippen molar-refractivity contribution < 1.29 is 8.42 Å². The molecule has 0 aromatic rings. The van der Waals surface area contributed by atoms with Gasteiger partial charge >= 0.3 is 0 Å². The number of nitrogens with zero attached hydrogens (tertiary/aromatic N) is 1. The van der Waals surface area contributed by atoms with E-state index in [1.54, 1.807) is 0 Å². The van der Waals surface area contributed by atoms with Crippen LogP contribution >= 0.6 is 0 Å². The highest BCUT2D eigenvalue weighted by molar-refractivity contribution is 7.90. The van der Waals surface area contributed by atoms with E-state index in [1.807, 2.05) is 11.9 Å². The minimum absolute atomic E-state index is 0.244. The number of rotatable bonds is 8. The summed E-state index contributed by atoms with van der Waals surface area (Å²) in [5.41, 5.74) is 0. The van der Waals surface area contributed by atoms with E-state index in [0.717, 1.165) is 19.6 Å². The molecule has 0 unspecified atom stereocenters. The summed E-state index contributed by atoms with van der Waals surface area (Å²) in [5.74, 6) is 0.902. The Hall–Kier alpha value is -0.130. The van der Waals surface area contributed by atoms with Crippen LogP contribution in [0.1, 0.15) is 13.8 Å². The van der Waals surface area contributed by atoms with Crippen molar-refractivity contribution in [1.29, 1.82) is 0 Å². The molecule has 0 radical (unpaired) electrons. The van der Waals surface area contributed by atoms with E-state index in [2.05, 4.69) is 19.2 Å². The Balaban J connectivity index is 3.46. The van der Waals surface area contributed by atoms with Gasteiger partial charge in [-0.3, -0.25) is 0 Å². The minimum Gasteiger partial charge on any atom is -0.315 e. The average Bonchev–Trinajstić information content (AvgIpc) is 2.07. The summed E-state index contributed by atoms with van der Waals surface area (Å²) in [6.45, 7) is 7.77. The van der Waals surface area contributed by atoms with Gasteiger partial charge in [-0.15, -0.1) is 0 Å². The average molecular weight is 236 g/mol. The monoisotopic (exact) mass is 236 g/mol. The van der Waals surface area contributed by atoms with Crippen molar-refractivity contribution in [3.8, 4) is 0 Å². The highest BCUT2D eigenvalue weighted by atomic mass is 32.2. The maximum absolute atomic E-state index is 10.9. The van der Waals surface area contributed by atoms with Gasteiger partial charge in [0, 0.05) is 25.9 Å². The summed E-state index contributed by atoms with van der Waals surface area (Å²) in [4.78, 5) is 2.04. The largest absolute Gasteiger partial charge is 0.315 e. The maximum Gasteiger partial charge on any atom is 0.148 e. The lowest BCUT2D eigenvalue weighted by molar-refractivity contribution is 0.346. The highest BCUT2D eigenvalue weighted by Gasteiger charge is 2.04. The van der Waals surface area contributed by atoms with Crippen molar-refractivity contribution in [3.63, 3.8) is 0 Å². The Bertz CT molecular complexity index is 250. The van der Waals surface area contributed by atoms with Crippen LogP contribution in [0.3, 0.4) is 0 Å². The number of hydrogen-bond acceptors (Lipinski definition) is 4. The molecule has 0 fully saturated rings. The lowest BCUT2D eigenvalue weighted by Crippen LogP contribution is -2.33. The third-order valence-corrected chi connectivity index (χ3v) is 2.99. The van der Waals surface area contributed by atoms with Gasteiger partial charge in [-0.2, -0.15) is 0 Å². The van der Waals surface area contributed by atoms with Crippen LogP contribution in [0, 0.1) is 5.92 Å². The molecule has 0 aliphatic carbocycles. The number of nitrogens with one attached hydrogen (secondary N) is 1. The fourth-order valence-corrected chi connectivity index (χ4v) is 1.74. The number of sulfone groups is 1. The Morgan fingerprint density at radius 2 is 1.87 bits per heavy atom. The molecule has 0 rings (SSSR count). The first-order valence-corrected chi connectivity index (χ1v) is 7.44. The second kappa shape index (κ2) is 7.19. The third kappa shape index (κ3) is 11.8. The van der Waals surface area contributed by atoms with E-state index >= 15 is 0 Å². The SMILES string of the molecule is CC(C)CNCCN(C)CCS(C)(=O)=O. The molecule has 4 nitrogen and oxygen atoms in total. The Morgan fingerprint density at radius 3 is 2.33 bits per heavy atom. The highest BCUT2D eigenvalue weighted by Crippen LogP contribution is 1.89. The van der Waals surface area contributed by atoms with Crippen LogP contribution in [0.15, 0.2) is 0 Å². The standard InChI is InChI=1S/C10H24N2O2S/c1-10(2)9-11-5-6-12(3)7-8-15(4,13)14/h10-11H,5-9H2,1-4H3. The van der Waals surface area contributed by atoms with E-state index < -0.39 is 9.84 Å². The van der Waals surface area contributed by atoms with E-state index in [-0.39, 0.29) is 5.75 Å². The molecule has 0 heterocycles. The molecule has 0 aromatic heterocycles. The summed E-state index contributed by atoms with van der Waals surface area (Å²) in [7, 11) is -0.879. The van der Waals surface area contributed by atoms with Crippen molar-refractivity contribution in [3.05, 3.63) is 0 Å². The van der Waals surface area contributed by atoms with Gasteiger partial charge in [0.2, 0.25) is 0 Å². The molecule has 1 N–H and O–H groups in total. The van der Waals surface area contributed by atoms with Crippen LogP contribution in [0.4, 0.5) is 0 Å². The van der Waals surface area contributed by atoms with E-state index in [0.29, 0.717) is 12.5 Å². The molecule has 0 atom stereocenters. The first kappa shape index (κ1) is 14.9. The number of hydrogen-bond donors (Lipinski definition) is 1. The Labute approximate surface area is 94.0 Å². The zero-order valence-corrected chi connectivity index (χ0v) is 11.1. The molecular formula is C10H24N2O2S. The molecule has 5 heteroatoms. The Kier molecular flexibility index (Phi) is 7.13. The van der Waals surface area contributed by atoms with Gasteiger partial charge in [0.15, 0.2) is 0 Å². The quantitative estimate of drug-likeness (QED) is 0.612. The first-order valence-electron chi connectivity index (χ1n) is 5.38. The molecular weight excluding hydrogens is 212 g/mol. The molecule has 0 aromatic carbocycles. The van der Waals surface area contributed by atoms with Gasteiger partial charge in [0.25, 0.3) is 0 Å². The molecule has 0 amide bonds. The van der Waals surface area contributed by atoms with Crippen molar-refractivity contribution >= 4 is 9.84 Å². The van der Waals surface area contributed by atoms with Gasteiger partial charge in [-0.05, 0) is 19.5 Å². The molecule has 0 saturated heterocycles. The van der Waals surface area contributed by atoms with Gasteiger partial charge in [-0.25, -0.2) is 8.42 Å². The predicted molar refractivity (Wildman–Crippen MR) is 64.9 cm³/mol. The third-order valence-electron chi connectivity index (χ3n) is 2.07. The van der Waals surface area contributed by atoms with Crippen LogP contribution < -0.4 is 5.32 Å². The molecule has 15 heavy (non-hydrogen) atoms. The summed E-state index contributed by atoms with van der Waals surface area (Å²) in [6, 6.07) is 0. The van der Waals surface area contributed by atoms with Crippen LogP contribution in [-0.4, -0.2) is 58.6 Å². The summed E-state index contributed by atoms with van der Waals surface area (Å²) in [5, 5.41) is 3.32. The molecule has 0 saturated carbocycles. The van der Waals surface area contributed by atoms with Gasteiger partial charge in [0.1, 0.15) is 9.84 Å². The summed E-state index contributed by atoms with van der Waals surface area (Å²) >= 11 is 0. The van der Waals surface area contributed by atoms with Gasteiger partial charge in [0.05, 0.1) is 5.75 Å². The van der Waals surface area contributed by atoms with Crippen molar-refractivity contribution in [1.82, 2.24) is 10.2 Å². The van der Waals surface area contributed by atoms with Crippen molar-refractivity contribution in [2.45, 2.75) is 13.8 Å². The minimum atomic E-state index is -2.83. The topological polar surface area (TPSA) is 49.4 Å². The molecule has 0 bridgehead atoms. The fraction of sp³-hybridized carbons (Fsp3) is 1.00. The van der Waals surface area contributed by atoms with Crippen LogP contribution in [0.2, 0.25) is 0 Å². The zero-order chi connectivity index (χ0) is 11.9. The fourth-order valence-electron chi connectivity index (χ4n) is 1.09. The maximum atomic E-state index is 10.9. The van der Waals surface area contributed by atoms with Crippen LogP contribution in [-0.2, 0) is 9.84 Å². The lowest BCUT2D eigenvalue weighted by atomic mass is 10.2. The molecule has 0 aliphatic heterocycles. The summed E-state index contributed by atoms with van der Waals surface area (Å²) in [6.07, 6.45) is 1.28. The number of likely N-dealkylation sites (N-methyl/N-ethyl adjacent to an activating group) is 1. The second-order valence-electron chi connectivity index (χ2n) is 4.53. The van der Waals surface area contributed by atoms with E-state index in [4.69, 9.17) is 0 Å². The van der Waals surface area contributed by atoms with Crippen molar-refractivity contribution in [2.75, 3.05) is 45.2 Å². The lowest BCUT2D eigenvalue weighted by Gasteiger charge is -2.16. The Morgan fingerprint density at radius 1 is 1.27 bits per heavy atom. The van der Waals surface area contributed by atoms with Crippen LogP contribution in [0.25, 0.3) is 0 Å². The smallest absolute Gasteiger partial charge is 0.148 e. The normalized spacial score (nSPS) is 12.7. The van der Waals surface area contributed by atoms with Gasteiger partial charge < -0.3 is 10.2 Å². The van der Waals surface area contributed by atoms with Gasteiger partial charge in [-0.1, -0.05) is 13.8 Å². The molecule has 0 aliphatic rings. The predicted octanol–water partition coefficient (Wildman–Crippen LogP) is 0.208. The zero-order valence-electron chi connectivity index (χ0n) is 10.3.